The summed E-state index contributed by atoms with van der Waals surface area (Å²) >= 11 is 5.40. The van der Waals surface area contributed by atoms with Gasteiger partial charge in [-0.15, -0.1) is 0 Å². The SMILES string of the molecule is CCc1cccc(NC(=S)NCc2ccc(C[NH+](CC)CC)cc2)c1. The van der Waals surface area contributed by atoms with Gasteiger partial charge in [0, 0.05) is 17.8 Å². The minimum atomic E-state index is 0.657. The van der Waals surface area contributed by atoms with Gasteiger partial charge in [0.25, 0.3) is 0 Å². The van der Waals surface area contributed by atoms with Crippen molar-refractivity contribution < 1.29 is 4.90 Å². The molecule has 25 heavy (non-hydrogen) atoms. The van der Waals surface area contributed by atoms with Gasteiger partial charge in [0.15, 0.2) is 5.11 Å². The Morgan fingerprint density at radius 3 is 2.24 bits per heavy atom. The third kappa shape index (κ3) is 6.48. The van der Waals surface area contributed by atoms with E-state index in [9.17, 15) is 0 Å². The Morgan fingerprint density at radius 2 is 1.60 bits per heavy atom. The Hall–Kier alpha value is -1.91. The molecule has 0 amide bonds. The van der Waals surface area contributed by atoms with Gasteiger partial charge in [-0.05, 0) is 55.7 Å². The van der Waals surface area contributed by atoms with E-state index < -0.39 is 0 Å². The van der Waals surface area contributed by atoms with Crippen molar-refractivity contribution >= 4 is 23.0 Å². The summed E-state index contributed by atoms with van der Waals surface area (Å²) in [5, 5.41) is 7.20. The number of hydrogen-bond acceptors (Lipinski definition) is 1. The van der Waals surface area contributed by atoms with Crippen LogP contribution in [0.15, 0.2) is 48.5 Å². The standard InChI is InChI=1S/C21H29N3S/c1-4-17-8-7-9-20(14-17)23-21(25)22-15-18-10-12-19(13-11-18)16-24(5-2)6-3/h7-14H,4-6,15-16H2,1-3H3,(H2,22,23,25)/p+1. The fourth-order valence-corrected chi connectivity index (χ4v) is 2.98. The summed E-state index contributed by atoms with van der Waals surface area (Å²) in [5.74, 6) is 0. The number of anilines is 1. The zero-order valence-corrected chi connectivity index (χ0v) is 16.4. The van der Waals surface area contributed by atoms with E-state index in [1.54, 1.807) is 4.90 Å². The fourth-order valence-electron chi connectivity index (χ4n) is 2.79. The van der Waals surface area contributed by atoms with E-state index in [1.807, 2.05) is 6.07 Å². The Morgan fingerprint density at radius 1 is 0.920 bits per heavy atom. The number of nitrogens with one attached hydrogen (secondary N) is 3. The molecule has 2 rings (SSSR count). The van der Waals surface area contributed by atoms with Crippen LogP contribution in [0.2, 0.25) is 0 Å². The summed E-state index contributed by atoms with van der Waals surface area (Å²) in [6.07, 6.45) is 1.03. The minimum Gasteiger partial charge on any atom is -0.358 e. The predicted octanol–water partition coefficient (Wildman–Crippen LogP) is 3.16. The molecule has 3 N–H and O–H groups in total. The van der Waals surface area contributed by atoms with Gasteiger partial charge in [-0.2, -0.15) is 0 Å². The quantitative estimate of drug-likeness (QED) is 0.635. The van der Waals surface area contributed by atoms with Gasteiger partial charge in [-0.1, -0.05) is 43.3 Å². The smallest absolute Gasteiger partial charge is 0.171 e. The Kier molecular flexibility index (Phi) is 7.89. The normalized spacial score (nSPS) is 10.7. The minimum absolute atomic E-state index is 0.657. The van der Waals surface area contributed by atoms with E-state index in [4.69, 9.17) is 12.2 Å². The molecule has 0 aromatic heterocycles. The molecule has 0 atom stereocenters. The lowest BCUT2D eigenvalue weighted by molar-refractivity contribution is -0.910. The number of aryl methyl sites for hydroxylation is 1. The van der Waals surface area contributed by atoms with Crippen LogP contribution < -0.4 is 15.5 Å². The molecule has 4 heteroatoms. The van der Waals surface area contributed by atoms with Crippen LogP contribution in [0.1, 0.15) is 37.5 Å². The summed E-state index contributed by atoms with van der Waals surface area (Å²) in [6.45, 7) is 10.8. The number of hydrogen-bond donors (Lipinski definition) is 3. The summed E-state index contributed by atoms with van der Waals surface area (Å²) in [7, 11) is 0. The first kappa shape index (κ1) is 19.4. The van der Waals surface area contributed by atoms with E-state index in [2.05, 4.69) is 73.9 Å². The maximum atomic E-state index is 5.40. The molecule has 0 fully saturated rings. The van der Waals surface area contributed by atoms with Gasteiger partial charge in [-0.25, -0.2) is 0 Å². The van der Waals surface area contributed by atoms with Crippen LogP contribution in [0.5, 0.6) is 0 Å². The average Bonchev–Trinajstić information content (AvgIpc) is 2.65. The molecule has 0 bridgehead atoms. The fraction of sp³-hybridized carbons (Fsp3) is 0.381. The number of quaternary nitrogens is 1. The van der Waals surface area contributed by atoms with Gasteiger partial charge in [0.1, 0.15) is 6.54 Å². The molecule has 0 spiro atoms. The number of thiocarbonyl (C=S) groups is 1. The largest absolute Gasteiger partial charge is 0.358 e. The topological polar surface area (TPSA) is 28.5 Å². The molecule has 0 unspecified atom stereocenters. The molecule has 3 nitrogen and oxygen atoms in total. The lowest BCUT2D eigenvalue weighted by atomic mass is 10.1. The molecule has 134 valence electrons. The molecular formula is C21H30N3S+. The van der Waals surface area contributed by atoms with Crippen LogP contribution >= 0.6 is 12.2 Å². The van der Waals surface area contributed by atoms with E-state index in [-0.39, 0.29) is 0 Å². The van der Waals surface area contributed by atoms with Crippen LogP contribution in [0.3, 0.4) is 0 Å². The molecule has 0 heterocycles. The molecular weight excluding hydrogens is 326 g/mol. The highest BCUT2D eigenvalue weighted by molar-refractivity contribution is 7.80. The molecule has 0 aliphatic carbocycles. The second kappa shape index (κ2) is 10.2. The number of rotatable bonds is 8. The maximum absolute atomic E-state index is 5.40. The van der Waals surface area contributed by atoms with E-state index in [0.29, 0.717) is 5.11 Å². The first-order chi connectivity index (χ1) is 12.1. The monoisotopic (exact) mass is 356 g/mol. The van der Waals surface area contributed by atoms with Crippen molar-refractivity contribution in [3.05, 3.63) is 65.2 Å². The molecule has 0 aliphatic rings. The van der Waals surface area contributed by atoms with Crippen LogP contribution in [-0.2, 0) is 19.5 Å². The molecule has 0 radical (unpaired) electrons. The summed E-state index contributed by atoms with van der Waals surface area (Å²) in [5.41, 5.74) is 4.97. The van der Waals surface area contributed by atoms with Crippen molar-refractivity contribution in [3.63, 3.8) is 0 Å². The van der Waals surface area contributed by atoms with Gasteiger partial charge in [0.05, 0.1) is 13.1 Å². The maximum Gasteiger partial charge on any atom is 0.171 e. The first-order valence-electron chi connectivity index (χ1n) is 9.19. The van der Waals surface area contributed by atoms with Crippen LogP contribution in [0.25, 0.3) is 0 Å². The zero-order chi connectivity index (χ0) is 18.1. The Balaban J connectivity index is 1.83. The summed E-state index contributed by atoms with van der Waals surface area (Å²) < 4.78 is 0. The van der Waals surface area contributed by atoms with Crippen molar-refractivity contribution in [1.29, 1.82) is 0 Å². The van der Waals surface area contributed by atoms with Gasteiger partial charge in [0.2, 0.25) is 0 Å². The third-order valence-corrected chi connectivity index (χ3v) is 4.77. The van der Waals surface area contributed by atoms with E-state index >= 15 is 0 Å². The van der Waals surface area contributed by atoms with Gasteiger partial charge < -0.3 is 15.5 Å². The highest BCUT2D eigenvalue weighted by Crippen LogP contribution is 2.11. The van der Waals surface area contributed by atoms with Crippen LogP contribution in [0, 0.1) is 0 Å². The Labute approximate surface area is 157 Å². The first-order valence-corrected chi connectivity index (χ1v) is 9.60. The van der Waals surface area contributed by atoms with Gasteiger partial charge >= 0.3 is 0 Å². The molecule has 2 aromatic carbocycles. The second-order valence-electron chi connectivity index (χ2n) is 6.31. The van der Waals surface area contributed by atoms with Crippen molar-refractivity contribution in [2.45, 2.75) is 40.3 Å². The van der Waals surface area contributed by atoms with Crippen molar-refractivity contribution in [2.75, 3.05) is 18.4 Å². The molecule has 2 aromatic rings. The van der Waals surface area contributed by atoms with Crippen molar-refractivity contribution in [1.82, 2.24) is 5.32 Å². The van der Waals surface area contributed by atoms with Crippen molar-refractivity contribution in [2.24, 2.45) is 0 Å². The zero-order valence-electron chi connectivity index (χ0n) is 15.6. The predicted molar refractivity (Wildman–Crippen MR) is 111 cm³/mol. The van der Waals surface area contributed by atoms with Gasteiger partial charge in [-0.3, -0.25) is 0 Å². The van der Waals surface area contributed by atoms with Crippen LogP contribution in [-0.4, -0.2) is 18.2 Å². The third-order valence-electron chi connectivity index (χ3n) is 4.52. The second-order valence-corrected chi connectivity index (χ2v) is 6.72. The highest BCUT2D eigenvalue weighted by atomic mass is 32.1. The molecule has 0 aliphatic heterocycles. The molecule has 0 saturated carbocycles. The summed E-state index contributed by atoms with van der Waals surface area (Å²) in [4.78, 5) is 1.60. The van der Waals surface area contributed by atoms with Crippen molar-refractivity contribution in [3.8, 4) is 0 Å². The average molecular weight is 357 g/mol. The van der Waals surface area contributed by atoms with Crippen LogP contribution in [0.4, 0.5) is 5.69 Å². The van der Waals surface area contributed by atoms with E-state index in [1.165, 1.54) is 29.8 Å². The lowest BCUT2D eigenvalue weighted by Crippen LogP contribution is -3.10. The lowest BCUT2D eigenvalue weighted by Gasteiger charge is -2.15. The highest BCUT2D eigenvalue weighted by Gasteiger charge is 2.04. The van der Waals surface area contributed by atoms with E-state index in [0.717, 1.165) is 25.2 Å². The Bertz CT molecular complexity index is 663. The summed E-state index contributed by atoms with van der Waals surface area (Å²) in [6, 6.07) is 17.2. The molecule has 0 saturated heterocycles. The number of benzene rings is 2.